The van der Waals surface area contributed by atoms with Crippen LogP contribution in [0.3, 0.4) is 0 Å². The van der Waals surface area contributed by atoms with Gasteiger partial charge in [0.1, 0.15) is 26.6 Å². The van der Waals surface area contributed by atoms with Crippen molar-refractivity contribution >= 4 is 27.3 Å². The highest BCUT2D eigenvalue weighted by atomic mass is 35.5. The van der Waals surface area contributed by atoms with Crippen LogP contribution in [0, 0.1) is 12.3 Å². The van der Waals surface area contributed by atoms with Crippen molar-refractivity contribution in [3.05, 3.63) is 16.5 Å². The second-order valence-electron chi connectivity index (χ2n) is 6.14. The first kappa shape index (κ1) is 18.2. The molecule has 21 heavy (non-hydrogen) atoms. The number of nitrogens with zero attached hydrogens (tertiary/aromatic N) is 2. The predicted octanol–water partition coefficient (Wildman–Crippen LogP) is 2.87. The topological polar surface area (TPSA) is 72.0 Å². The first-order chi connectivity index (χ1) is 9.54. The summed E-state index contributed by atoms with van der Waals surface area (Å²) in [5, 5.41) is 3.77. The van der Waals surface area contributed by atoms with Crippen LogP contribution in [0.25, 0.3) is 0 Å². The fourth-order valence-corrected chi connectivity index (χ4v) is 3.16. The summed E-state index contributed by atoms with van der Waals surface area (Å²) < 4.78 is 22.6. The number of hydrogen-bond acceptors (Lipinski definition) is 5. The highest BCUT2D eigenvalue weighted by Gasteiger charge is 2.21. The predicted molar refractivity (Wildman–Crippen MR) is 87.8 cm³/mol. The molecule has 5 nitrogen and oxygen atoms in total. The Kier molecular flexibility index (Phi) is 5.99. The van der Waals surface area contributed by atoms with E-state index in [0.717, 1.165) is 17.8 Å². The molecule has 0 aliphatic carbocycles. The van der Waals surface area contributed by atoms with Crippen LogP contribution in [0.5, 0.6) is 0 Å². The van der Waals surface area contributed by atoms with Crippen molar-refractivity contribution in [1.82, 2.24) is 9.97 Å². The molecule has 0 spiro atoms. The molecule has 120 valence electrons. The number of aryl methyl sites for hydroxylation is 1. The van der Waals surface area contributed by atoms with Crippen molar-refractivity contribution in [1.29, 1.82) is 0 Å². The van der Waals surface area contributed by atoms with E-state index in [0.29, 0.717) is 23.9 Å². The van der Waals surface area contributed by atoms with Crippen LogP contribution >= 0.6 is 11.6 Å². The summed E-state index contributed by atoms with van der Waals surface area (Å²) in [6.45, 7) is 8.49. The molecule has 0 aliphatic rings. The van der Waals surface area contributed by atoms with Gasteiger partial charge in [-0.2, -0.15) is 0 Å². The Bertz CT molecular complexity index is 600. The van der Waals surface area contributed by atoms with Gasteiger partial charge < -0.3 is 5.32 Å². The van der Waals surface area contributed by atoms with Crippen LogP contribution in [-0.4, -0.2) is 36.9 Å². The molecule has 0 saturated carbocycles. The van der Waals surface area contributed by atoms with Gasteiger partial charge in [0, 0.05) is 18.4 Å². The lowest BCUT2D eigenvalue weighted by molar-refractivity contribution is 0.376. The molecule has 1 N–H and O–H groups in total. The second kappa shape index (κ2) is 6.92. The Morgan fingerprint density at radius 1 is 1.29 bits per heavy atom. The summed E-state index contributed by atoms with van der Waals surface area (Å²) in [7, 11) is -2.94. The van der Waals surface area contributed by atoms with E-state index in [1.807, 2.05) is 20.8 Å². The summed E-state index contributed by atoms with van der Waals surface area (Å²) >= 11 is 6.14. The standard InChI is InChI=1S/C14H24ClN3O2S/c1-6-11-12(15)17-10(2)18-13(11)16-9-14(3,4)7-8-21(5,19)20/h6-9H2,1-5H3,(H,16,17,18). The van der Waals surface area contributed by atoms with Crippen molar-refractivity contribution in [3.63, 3.8) is 0 Å². The van der Waals surface area contributed by atoms with Gasteiger partial charge in [-0.1, -0.05) is 32.4 Å². The molecular weight excluding hydrogens is 310 g/mol. The average molecular weight is 334 g/mol. The van der Waals surface area contributed by atoms with E-state index in [9.17, 15) is 8.42 Å². The van der Waals surface area contributed by atoms with E-state index in [-0.39, 0.29) is 11.2 Å². The molecule has 0 amide bonds. The van der Waals surface area contributed by atoms with Crippen molar-refractivity contribution in [2.24, 2.45) is 5.41 Å². The molecular formula is C14H24ClN3O2S. The number of hydrogen-bond donors (Lipinski definition) is 1. The van der Waals surface area contributed by atoms with Gasteiger partial charge in [0.25, 0.3) is 0 Å². The Labute approximate surface area is 132 Å². The quantitative estimate of drug-likeness (QED) is 0.777. The number of halogens is 1. The zero-order valence-corrected chi connectivity index (χ0v) is 14.9. The third kappa shape index (κ3) is 6.18. The van der Waals surface area contributed by atoms with Crippen molar-refractivity contribution < 1.29 is 8.42 Å². The number of rotatable bonds is 7. The molecule has 0 aliphatic heterocycles. The molecule has 1 rings (SSSR count). The van der Waals surface area contributed by atoms with Gasteiger partial charge in [-0.3, -0.25) is 0 Å². The molecule has 0 unspecified atom stereocenters. The van der Waals surface area contributed by atoms with E-state index in [2.05, 4.69) is 15.3 Å². The normalized spacial score (nSPS) is 12.5. The molecule has 1 aromatic rings. The number of nitrogens with one attached hydrogen (secondary N) is 1. The van der Waals surface area contributed by atoms with Crippen molar-refractivity contribution in [3.8, 4) is 0 Å². The number of anilines is 1. The van der Waals surface area contributed by atoms with Crippen LogP contribution < -0.4 is 5.32 Å². The number of sulfone groups is 1. The monoisotopic (exact) mass is 333 g/mol. The molecule has 0 fully saturated rings. The smallest absolute Gasteiger partial charge is 0.147 e. The molecule has 1 aromatic heterocycles. The third-order valence-electron chi connectivity index (χ3n) is 3.31. The van der Waals surface area contributed by atoms with Crippen LogP contribution in [0.2, 0.25) is 5.15 Å². The Morgan fingerprint density at radius 2 is 1.90 bits per heavy atom. The lowest BCUT2D eigenvalue weighted by Gasteiger charge is -2.25. The van der Waals surface area contributed by atoms with Gasteiger partial charge in [-0.05, 0) is 25.2 Å². The Hall–Kier alpha value is -0.880. The minimum atomic E-state index is -2.94. The van der Waals surface area contributed by atoms with Crippen molar-refractivity contribution in [2.75, 3.05) is 23.9 Å². The van der Waals surface area contributed by atoms with E-state index in [4.69, 9.17) is 11.6 Å². The average Bonchev–Trinajstić information content (AvgIpc) is 2.33. The summed E-state index contributed by atoms with van der Waals surface area (Å²) in [5.41, 5.74) is 0.737. The lowest BCUT2D eigenvalue weighted by atomic mass is 9.90. The third-order valence-corrected chi connectivity index (χ3v) is 4.56. The van der Waals surface area contributed by atoms with Gasteiger partial charge in [0.2, 0.25) is 0 Å². The molecule has 1 heterocycles. The second-order valence-corrected chi connectivity index (χ2v) is 8.76. The zero-order valence-electron chi connectivity index (χ0n) is 13.3. The van der Waals surface area contributed by atoms with Crippen molar-refractivity contribution in [2.45, 2.75) is 40.5 Å². The van der Waals surface area contributed by atoms with E-state index in [1.54, 1.807) is 6.92 Å². The van der Waals surface area contributed by atoms with Gasteiger partial charge in [0.15, 0.2) is 0 Å². The highest BCUT2D eigenvalue weighted by molar-refractivity contribution is 7.90. The van der Waals surface area contributed by atoms with Crippen LogP contribution in [0.4, 0.5) is 5.82 Å². The maximum atomic E-state index is 11.3. The fraction of sp³-hybridized carbons (Fsp3) is 0.714. The summed E-state index contributed by atoms with van der Waals surface area (Å²) in [6, 6.07) is 0. The molecule has 0 saturated heterocycles. The fourth-order valence-electron chi connectivity index (χ4n) is 1.89. The summed E-state index contributed by atoms with van der Waals surface area (Å²) in [6.07, 6.45) is 2.60. The molecule has 0 radical (unpaired) electrons. The Morgan fingerprint density at radius 3 is 2.43 bits per heavy atom. The SMILES string of the molecule is CCc1c(Cl)nc(C)nc1NCC(C)(C)CCS(C)(=O)=O. The zero-order chi connectivity index (χ0) is 16.3. The van der Waals surface area contributed by atoms with E-state index >= 15 is 0 Å². The van der Waals surface area contributed by atoms with Gasteiger partial charge in [-0.25, -0.2) is 18.4 Å². The lowest BCUT2D eigenvalue weighted by Crippen LogP contribution is -2.26. The Balaban J connectivity index is 2.78. The van der Waals surface area contributed by atoms with Crippen LogP contribution in [-0.2, 0) is 16.3 Å². The maximum Gasteiger partial charge on any atom is 0.147 e. The summed E-state index contributed by atoms with van der Waals surface area (Å²) in [5.74, 6) is 1.54. The molecule has 0 atom stereocenters. The minimum Gasteiger partial charge on any atom is -0.369 e. The maximum absolute atomic E-state index is 11.3. The van der Waals surface area contributed by atoms with Crippen LogP contribution in [0.1, 0.15) is 38.6 Å². The van der Waals surface area contributed by atoms with E-state index in [1.165, 1.54) is 6.26 Å². The highest BCUT2D eigenvalue weighted by Crippen LogP contribution is 2.25. The van der Waals surface area contributed by atoms with E-state index < -0.39 is 9.84 Å². The minimum absolute atomic E-state index is 0.153. The first-order valence-electron chi connectivity index (χ1n) is 6.98. The number of aromatic nitrogens is 2. The molecule has 0 bridgehead atoms. The van der Waals surface area contributed by atoms with Gasteiger partial charge in [-0.15, -0.1) is 0 Å². The summed E-state index contributed by atoms with van der Waals surface area (Å²) in [4.78, 5) is 8.54. The van der Waals surface area contributed by atoms with Gasteiger partial charge in [0.05, 0.1) is 5.75 Å². The molecule has 7 heteroatoms. The first-order valence-corrected chi connectivity index (χ1v) is 9.42. The largest absolute Gasteiger partial charge is 0.369 e. The van der Waals surface area contributed by atoms with Crippen LogP contribution in [0.15, 0.2) is 0 Å². The van der Waals surface area contributed by atoms with Gasteiger partial charge >= 0.3 is 0 Å². The molecule has 0 aromatic carbocycles.